The van der Waals surface area contributed by atoms with E-state index in [0.29, 0.717) is 6.04 Å². The minimum Gasteiger partial charge on any atom is -0.347 e. The van der Waals surface area contributed by atoms with Crippen LogP contribution in [0.15, 0.2) is 0 Å². The Bertz CT molecular complexity index is 290. The molecule has 2 fully saturated rings. The van der Waals surface area contributed by atoms with Crippen LogP contribution in [-0.4, -0.2) is 37.0 Å². The molecule has 2 saturated carbocycles. The maximum atomic E-state index is 11.9. The Labute approximate surface area is 111 Å². The summed E-state index contributed by atoms with van der Waals surface area (Å²) in [6.45, 7) is 2.00. The zero-order valence-electron chi connectivity index (χ0n) is 12.1. The Hall–Kier alpha value is -0.570. The van der Waals surface area contributed by atoms with E-state index in [-0.39, 0.29) is 11.9 Å². The summed E-state index contributed by atoms with van der Waals surface area (Å²) in [7, 11) is 3.66. The Kier molecular flexibility index (Phi) is 4.66. The third-order valence-corrected chi connectivity index (χ3v) is 4.84. The summed E-state index contributed by atoms with van der Waals surface area (Å²) in [5, 5.41) is 3.54. The van der Waals surface area contributed by atoms with Gasteiger partial charge in [0.1, 0.15) is 0 Å². The van der Waals surface area contributed by atoms with Gasteiger partial charge in [0.15, 0.2) is 0 Å². The Balaban J connectivity index is 1.82. The number of carbonyl (C=O) groups excluding carboxylic acids is 1. The molecule has 1 amide bonds. The van der Waals surface area contributed by atoms with Gasteiger partial charge in [0, 0.05) is 20.1 Å². The molecular formula is C15H28N2O. The summed E-state index contributed by atoms with van der Waals surface area (Å²) in [5.41, 5.74) is 0. The van der Waals surface area contributed by atoms with Crippen LogP contribution >= 0.6 is 0 Å². The van der Waals surface area contributed by atoms with Gasteiger partial charge in [0.25, 0.3) is 0 Å². The van der Waals surface area contributed by atoms with E-state index in [1.165, 1.54) is 44.9 Å². The van der Waals surface area contributed by atoms with Gasteiger partial charge in [0.2, 0.25) is 5.91 Å². The molecule has 0 radical (unpaired) electrons. The van der Waals surface area contributed by atoms with Crippen molar-refractivity contribution < 1.29 is 4.79 Å². The van der Waals surface area contributed by atoms with Crippen LogP contribution in [0.1, 0.15) is 51.9 Å². The van der Waals surface area contributed by atoms with Gasteiger partial charge in [-0.15, -0.1) is 0 Å². The molecule has 4 atom stereocenters. The molecule has 0 spiro atoms. The van der Waals surface area contributed by atoms with Crippen LogP contribution in [0.4, 0.5) is 0 Å². The summed E-state index contributed by atoms with van der Waals surface area (Å²) < 4.78 is 0. The van der Waals surface area contributed by atoms with Crippen LogP contribution in [0.2, 0.25) is 0 Å². The predicted molar refractivity (Wildman–Crippen MR) is 74.4 cm³/mol. The maximum absolute atomic E-state index is 11.9. The number of rotatable bonds is 3. The van der Waals surface area contributed by atoms with E-state index in [1.54, 1.807) is 4.90 Å². The fraction of sp³-hybridized carbons (Fsp3) is 0.933. The van der Waals surface area contributed by atoms with Crippen LogP contribution in [0.25, 0.3) is 0 Å². The van der Waals surface area contributed by atoms with Gasteiger partial charge in [-0.25, -0.2) is 0 Å². The van der Waals surface area contributed by atoms with Gasteiger partial charge < -0.3 is 10.2 Å². The highest BCUT2D eigenvalue weighted by atomic mass is 16.2. The van der Waals surface area contributed by atoms with Gasteiger partial charge in [0.05, 0.1) is 6.04 Å². The molecule has 2 aliphatic rings. The summed E-state index contributed by atoms with van der Waals surface area (Å²) in [6, 6.07) is 0.522. The van der Waals surface area contributed by atoms with Gasteiger partial charge >= 0.3 is 0 Å². The molecule has 18 heavy (non-hydrogen) atoms. The summed E-state index contributed by atoms with van der Waals surface area (Å²) >= 11 is 0. The third-order valence-electron chi connectivity index (χ3n) is 4.84. The van der Waals surface area contributed by atoms with Crippen molar-refractivity contribution in [1.82, 2.24) is 10.2 Å². The van der Waals surface area contributed by atoms with Crippen molar-refractivity contribution in [3.8, 4) is 0 Å². The lowest BCUT2D eigenvalue weighted by atomic mass is 9.69. The number of hydrogen-bond donors (Lipinski definition) is 1. The fourth-order valence-electron chi connectivity index (χ4n) is 3.84. The minimum atomic E-state index is -0.0369. The van der Waals surface area contributed by atoms with E-state index < -0.39 is 0 Å². The standard InChI is InChI=1S/C15H28N2O/c1-11(15(18)17(2)3)16-14-9-8-12-6-4-5-7-13(12)10-14/h11-14,16H,4-10H2,1-3H3. The molecule has 104 valence electrons. The summed E-state index contributed by atoms with van der Waals surface area (Å²) in [5.74, 6) is 2.10. The highest BCUT2D eigenvalue weighted by Crippen LogP contribution is 2.40. The molecular weight excluding hydrogens is 224 g/mol. The third kappa shape index (κ3) is 3.25. The van der Waals surface area contributed by atoms with Crippen LogP contribution in [0.5, 0.6) is 0 Å². The molecule has 4 unspecified atom stereocenters. The lowest BCUT2D eigenvalue weighted by molar-refractivity contribution is -0.130. The van der Waals surface area contributed by atoms with Crippen LogP contribution in [-0.2, 0) is 4.79 Å². The van der Waals surface area contributed by atoms with Gasteiger partial charge in [-0.3, -0.25) is 4.79 Å². The number of nitrogens with one attached hydrogen (secondary N) is 1. The molecule has 0 aromatic heterocycles. The largest absolute Gasteiger partial charge is 0.347 e. The molecule has 3 nitrogen and oxygen atoms in total. The molecule has 0 heterocycles. The monoisotopic (exact) mass is 252 g/mol. The van der Waals surface area contributed by atoms with E-state index in [1.807, 2.05) is 21.0 Å². The van der Waals surface area contributed by atoms with Gasteiger partial charge in [-0.05, 0) is 38.0 Å². The second-order valence-corrected chi connectivity index (χ2v) is 6.44. The zero-order valence-corrected chi connectivity index (χ0v) is 12.1. The van der Waals surface area contributed by atoms with Crippen molar-refractivity contribution in [2.45, 2.75) is 64.0 Å². The highest BCUT2D eigenvalue weighted by molar-refractivity contribution is 5.80. The van der Waals surface area contributed by atoms with Crippen LogP contribution in [0, 0.1) is 11.8 Å². The molecule has 0 bridgehead atoms. The average molecular weight is 252 g/mol. The van der Waals surface area contributed by atoms with Crippen molar-refractivity contribution >= 4 is 5.91 Å². The first-order chi connectivity index (χ1) is 8.58. The Morgan fingerprint density at radius 2 is 1.78 bits per heavy atom. The first kappa shape index (κ1) is 13.9. The topological polar surface area (TPSA) is 32.3 Å². The van der Waals surface area contributed by atoms with Crippen molar-refractivity contribution in [1.29, 1.82) is 0 Å². The van der Waals surface area contributed by atoms with E-state index in [4.69, 9.17) is 0 Å². The smallest absolute Gasteiger partial charge is 0.238 e. The second kappa shape index (κ2) is 6.05. The van der Waals surface area contributed by atoms with E-state index in [9.17, 15) is 4.79 Å². The molecule has 2 rings (SSSR count). The molecule has 0 aliphatic heterocycles. The SMILES string of the molecule is CC(NC1CCC2CCCCC2C1)C(=O)N(C)C. The first-order valence-electron chi connectivity index (χ1n) is 7.55. The van der Waals surface area contributed by atoms with Crippen molar-refractivity contribution in [3.63, 3.8) is 0 Å². The highest BCUT2D eigenvalue weighted by Gasteiger charge is 2.33. The van der Waals surface area contributed by atoms with Crippen LogP contribution < -0.4 is 5.32 Å². The molecule has 0 saturated heterocycles. The zero-order chi connectivity index (χ0) is 13.1. The second-order valence-electron chi connectivity index (χ2n) is 6.44. The number of likely N-dealkylation sites (N-methyl/N-ethyl adjacent to an activating group) is 1. The van der Waals surface area contributed by atoms with Crippen LogP contribution in [0.3, 0.4) is 0 Å². The van der Waals surface area contributed by atoms with E-state index in [2.05, 4.69) is 5.32 Å². The number of hydrogen-bond acceptors (Lipinski definition) is 2. The number of nitrogens with zero attached hydrogens (tertiary/aromatic N) is 1. The molecule has 0 aromatic rings. The lowest BCUT2D eigenvalue weighted by Gasteiger charge is -2.40. The minimum absolute atomic E-state index is 0.0369. The number of carbonyl (C=O) groups is 1. The summed E-state index contributed by atoms with van der Waals surface area (Å²) in [4.78, 5) is 13.5. The van der Waals surface area contributed by atoms with Crippen molar-refractivity contribution in [2.24, 2.45) is 11.8 Å². The number of amides is 1. The summed E-state index contributed by atoms with van der Waals surface area (Å²) in [6.07, 6.45) is 9.63. The van der Waals surface area contributed by atoms with Gasteiger partial charge in [-0.2, -0.15) is 0 Å². The van der Waals surface area contributed by atoms with Crippen molar-refractivity contribution in [3.05, 3.63) is 0 Å². The average Bonchev–Trinajstić information content (AvgIpc) is 2.37. The molecule has 1 N–H and O–H groups in total. The molecule has 3 heteroatoms. The number of fused-ring (bicyclic) bond motifs is 1. The first-order valence-corrected chi connectivity index (χ1v) is 7.55. The Morgan fingerprint density at radius 3 is 2.44 bits per heavy atom. The predicted octanol–water partition coefficient (Wildman–Crippen LogP) is 2.41. The normalized spacial score (nSPS) is 33.6. The van der Waals surface area contributed by atoms with Gasteiger partial charge in [-0.1, -0.05) is 25.7 Å². The maximum Gasteiger partial charge on any atom is 0.238 e. The van der Waals surface area contributed by atoms with E-state index >= 15 is 0 Å². The lowest BCUT2D eigenvalue weighted by Crippen LogP contribution is -2.48. The Morgan fingerprint density at radius 1 is 1.11 bits per heavy atom. The van der Waals surface area contributed by atoms with E-state index in [0.717, 1.165) is 11.8 Å². The molecule has 2 aliphatic carbocycles. The quantitative estimate of drug-likeness (QED) is 0.836. The molecule has 0 aromatic carbocycles. The fourth-order valence-corrected chi connectivity index (χ4v) is 3.84. The van der Waals surface area contributed by atoms with Crippen molar-refractivity contribution in [2.75, 3.05) is 14.1 Å².